The fraction of sp³-hybridized carbons (Fsp3) is 0.125. The van der Waals surface area contributed by atoms with Crippen molar-refractivity contribution in [2.45, 2.75) is 20.4 Å². The minimum atomic E-state index is -0.332. The number of nitriles is 1. The molecule has 0 spiro atoms. The number of carbonyl (C=O) groups excluding carboxylic acids is 2. The average molecular weight is 539 g/mol. The highest BCUT2D eigenvalue weighted by atomic mass is 127. The normalized spacial score (nSPS) is 15.0. The first-order valence-corrected chi connectivity index (χ1v) is 11.5. The first-order chi connectivity index (χ1) is 14.9. The molecule has 2 aromatic carbocycles. The number of thioether (sulfide) groups is 1. The minimum Gasteiger partial charge on any atom is -0.318 e. The van der Waals surface area contributed by atoms with E-state index in [9.17, 15) is 14.9 Å². The van der Waals surface area contributed by atoms with Gasteiger partial charge in [0.1, 0.15) is 0 Å². The molecule has 7 heteroatoms. The van der Waals surface area contributed by atoms with Crippen molar-refractivity contribution in [1.82, 2.24) is 9.47 Å². The molecule has 4 rings (SSSR count). The van der Waals surface area contributed by atoms with Gasteiger partial charge in [0.15, 0.2) is 0 Å². The molecule has 154 valence electrons. The van der Waals surface area contributed by atoms with Crippen LogP contribution in [0.2, 0.25) is 0 Å². The highest BCUT2D eigenvalue weighted by Crippen LogP contribution is 2.35. The second-order valence-electron chi connectivity index (χ2n) is 7.18. The highest BCUT2D eigenvalue weighted by Gasteiger charge is 2.35. The number of benzene rings is 2. The third kappa shape index (κ3) is 4.18. The average Bonchev–Trinajstić information content (AvgIpc) is 3.18. The molecule has 2 heterocycles. The Morgan fingerprint density at radius 3 is 2.52 bits per heavy atom. The van der Waals surface area contributed by atoms with Gasteiger partial charge in [0.2, 0.25) is 0 Å². The SMILES string of the molecule is Cc1cc(/C=C2\SC(=O)N(Cc3ccccc3C#N)C2=O)c(C)n1-c1ccc(I)cc1. The Hall–Kier alpha value is -2.83. The van der Waals surface area contributed by atoms with Crippen molar-refractivity contribution in [3.05, 3.63) is 91.2 Å². The summed E-state index contributed by atoms with van der Waals surface area (Å²) in [6, 6.07) is 19.4. The number of hydrogen-bond acceptors (Lipinski definition) is 4. The van der Waals surface area contributed by atoms with Gasteiger partial charge < -0.3 is 4.57 Å². The molecule has 2 amide bonds. The molecule has 1 aliphatic heterocycles. The predicted octanol–water partition coefficient (Wildman–Crippen LogP) is 5.81. The molecule has 0 N–H and O–H groups in total. The predicted molar refractivity (Wildman–Crippen MR) is 131 cm³/mol. The molecule has 0 aliphatic carbocycles. The summed E-state index contributed by atoms with van der Waals surface area (Å²) < 4.78 is 3.30. The standard InChI is InChI=1S/C24H18IN3O2S/c1-15-11-19(16(2)28(15)21-9-7-20(25)8-10-21)12-22-23(29)27(24(30)31-22)14-18-6-4-3-5-17(18)13-26/h3-12H,14H2,1-2H3/b22-12-. The van der Waals surface area contributed by atoms with Gasteiger partial charge in [0.25, 0.3) is 11.1 Å². The molecule has 0 radical (unpaired) electrons. The van der Waals surface area contributed by atoms with Gasteiger partial charge in [0, 0.05) is 20.6 Å². The molecule has 0 atom stereocenters. The summed E-state index contributed by atoms with van der Waals surface area (Å²) in [5.41, 5.74) is 5.12. The van der Waals surface area contributed by atoms with E-state index in [-0.39, 0.29) is 17.7 Å². The zero-order chi connectivity index (χ0) is 22.1. The van der Waals surface area contributed by atoms with E-state index in [1.54, 1.807) is 30.3 Å². The fourth-order valence-electron chi connectivity index (χ4n) is 3.64. The van der Waals surface area contributed by atoms with Crippen LogP contribution in [0.15, 0.2) is 59.5 Å². The quantitative estimate of drug-likeness (QED) is 0.310. The maximum absolute atomic E-state index is 13.0. The van der Waals surface area contributed by atoms with Crippen LogP contribution in [0, 0.1) is 28.7 Å². The third-order valence-electron chi connectivity index (χ3n) is 5.18. The number of aromatic nitrogens is 1. The summed E-state index contributed by atoms with van der Waals surface area (Å²) in [6.07, 6.45) is 1.78. The van der Waals surface area contributed by atoms with Crippen molar-refractivity contribution >= 4 is 51.6 Å². The Labute approximate surface area is 198 Å². The van der Waals surface area contributed by atoms with Crippen LogP contribution in [0.5, 0.6) is 0 Å². The largest absolute Gasteiger partial charge is 0.318 e. The van der Waals surface area contributed by atoms with Crippen molar-refractivity contribution in [2.24, 2.45) is 0 Å². The summed E-state index contributed by atoms with van der Waals surface area (Å²) in [5, 5.41) is 8.96. The molecule has 0 bridgehead atoms. The van der Waals surface area contributed by atoms with E-state index in [1.165, 1.54) is 4.90 Å². The van der Waals surface area contributed by atoms with E-state index in [0.29, 0.717) is 16.0 Å². The Morgan fingerprint density at radius 1 is 1.10 bits per heavy atom. The lowest BCUT2D eigenvalue weighted by Gasteiger charge is -2.13. The number of rotatable bonds is 4. The molecule has 31 heavy (non-hydrogen) atoms. The molecular formula is C24H18IN3O2S. The molecule has 1 saturated heterocycles. The van der Waals surface area contributed by atoms with E-state index in [2.05, 4.69) is 57.5 Å². The zero-order valence-corrected chi connectivity index (χ0v) is 19.9. The Kier molecular flexibility index (Phi) is 6.03. The van der Waals surface area contributed by atoms with Crippen molar-refractivity contribution in [3.63, 3.8) is 0 Å². The summed E-state index contributed by atoms with van der Waals surface area (Å²) in [5.74, 6) is -0.332. The lowest BCUT2D eigenvalue weighted by Crippen LogP contribution is -2.27. The van der Waals surface area contributed by atoms with Crippen LogP contribution < -0.4 is 0 Å². The van der Waals surface area contributed by atoms with E-state index in [1.807, 2.05) is 19.9 Å². The van der Waals surface area contributed by atoms with Crippen LogP contribution in [0.25, 0.3) is 11.8 Å². The monoisotopic (exact) mass is 539 g/mol. The van der Waals surface area contributed by atoms with Crippen molar-refractivity contribution in [1.29, 1.82) is 5.26 Å². The van der Waals surface area contributed by atoms with Gasteiger partial charge in [-0.2, -0.15) is 5.26 Å². The molecule has 3 aromatic rings. The van der Waals surface area contributed by atoms with Gasteiger partial charge in [0.05, 0.1) is 23.1 Å². The van der Waals surface area contributed by atoms with Gasteiger partial charge >= 0.3 is 0 Å². The number of hydrogen-bond donors (Lipinski definition) is 0. The summed E-state index contributed by atoms with van der Waals surface area (Å²) in [6.45, 7) is 4.12. The molecule has 0 saturated carbocycles. The number of imide groups is 1. The van der Waals surface area contributed by atoms with Gasteiger partial charge in [-0.15, -0.1) is 0 Å². The van der Waals surface area contributed by atoms with Crippen molar-refractivity contribution in [3.8, 4) is 11.8 Å². The minimum absolute atomic E-state index is 0.0907. The first kappa shape index (κ1) is 21.4. The van der Waals surface area contributed by atoms with Crippen LogP contribution in [-0.4, -0.2) is 20.6 Å². The topological polar surface area (TPSA) is 66.1 Å². The molecule has 5 nitrogen and oxygen atoms in total. The number of amides is 2. The van der Waals surface area contributed by atoms with Crippen LogP contribution >= 0.6 is 34.4 Å². The van der Waals surface area contributed by atoms with Crippen LogP contribution in [0.1, 0.15) is 28.1 Å². The second-order valence-corrected chi connectivity index (χ2v) is 9.41. The first-order valence-electron chi connectivity index (χ1n) is 9.57. The van der Waals surface area contributed by atoms with Crippen LogP contribution in [-0.2, 0) is 11.3 Å². The maximum atomic E-state index is 13.0. The van der Waals surface area contributed by atoms with Gasteiger partial charge in [-0.25, -0.2) is 0 Å². The van der Waals surface area contributed by atoms with E-state index in [4.69, 9.17) is 0 Å². The molecule has 1 aromatic heterocycles. The number of carbonyl (C=O) groups is 2. The Balaban J connectivity index is 1.64. The van der Waals surface area contributed by atoms with E-state index < -0.39 is 0 Å². The lowest BCUT2D eigenvalue weighted by atomic mass is 10.1. The van der Waals surface area contributed by atoms with Gasteiger partial charge in [-0.1, -0.05) is 18.2 Å². The maximum Gasteiger partial charge on any atom is 0.293 e. The molecule has 1 aliphatic rings. The second kappa shape index (κ2) is 8.73. The fourth-order valence-corrected chi connectivity index (χ4v) is 4.83. The number of nitrogens with zero attached hydrogens (tertiary/aromatic N) is 3. The summed E-state index contributed by atoms with van der Waals surface area (Å²) >= 11 is 3.21. The lowest BCUT2D eigenvalue weighted by molar-refractivity contribution is -0.123. The Bertz CT molecular complexity index is 1270. The molecule has 1 fully saturated rings. The van der Waals surface area contributed by atoms with Crippen LogP contribution in [0.3, 0.4) is 0 Å². The Morgan fingerprint density at radius 2 is 1.81 bits per heavy atom. The highest BCUT2D eigenvalue weighted by molar-refractivity contribution is 14.1. The zero-order valence-electron chi connectivity index (χ0n) is 16.9. The van der Waals surface area contributed by atoms with Gasteiger partial charge in [-0.05, 0) is 102 Å². The third-order valence-corrected chi connectivity index (χ3v) is 6.81. The molecule has 0 unspecified atom stereocenters. The summed E-state index contributed by atoms with van der Waals surface area (Å²) in [4.78, 5) is 27.1. The number of aryl methyl sites for hydroxylation is 1. The van der Waals surface area contributed by atoms with E-state index in [0.717, 1.165) is 38.0 Å². The summed E-state index contributed by atoms with van der Waals surface area (Å²) in [7, 11) is 0. The molecular weight excluding hydrogens is 521 g/mol. The van der Waals surface area contributed by atoms with Crippen molar-refractivity contribution < 1.29 is 9.59 Å². The van der Waals surface area contributed by atoms with Crippen molar-refractivity contribution in [2.75, 3.05) is 0 Å². The number of halogens is 1. The smallest absolute Gasteiger partial charge is 0.293 e. The van der Waals surface area contributed by atoms with Crippen LogP contribution in [0.4, 0.5) is 4.79 Å². The van der Waals surface area contributed by atoms with Gasteiger partial charge in [-0.3, -0.25) is 14.5 Å². The van der Waals surface area contributed by atoms with E-state index >= 15 is 0 Å².